The summed E-state index contributed by atoms with van der Waals surface area (Å²) in [6.07, 6.45) is 0. The predicted molar refractivity (Wildman–Crippen MR) is 55.3 cm³/mol. The molecule has 0 amide bonds. The first kappa shape index (κ1) is 11.2. The van der Waals surface area contributed by atoms with Crippen molar-refractivity contribution >= 4 is 0 Å². The van der Waals surface area contributed by atoms with E-state index in [0.29, 0.717) is 5.92 Å². The Labute approximate surface area is 85.5 Å². The zero-order chi connectivity index (χ0) is 10.8. The van der Waals surface area contributed by atoms with Gasteiger partial charge < -0.3 is 0 Å². The zero-order valence-electron chi connectivity index (χ0n) is 9.20. The molecule has 2 nitrogen and oxygen atoms in total. The fourth-order valence-corrected chi connectivity index (χ4v) is 1.32. The Morgan fingerprint density at radius 1 is 1.14 bits per heavy atom. The first-order chi connectivity index (χ1) is 6.47. The van der Waals surface area contributed by atoms with Crippen LogP contribution >= 0.6 is 0 Å². The van der Waals surface area contributed by atoms with Gasteiger partial charge in [0.05, 0.1) is 0 Å². The number of benzene rings is 1. The van der Waals surface area contributed by atoms with Crippen LogP contribution < -0.4 is 0 Å². The summed E-state index contributed by atoms with van der Waals surface area (Å²) in [5.74, 6) is 0.514. The molecule has 1 rings (SSSR count). The summed E-state index contributed by atoms with van der Waals surface area (Å²) in [7, 11) is 0. The lowest BCUT2D eigenvalue weighted by Crippen LogP contribution is -2.18. The van der Waals surface area contributed by atoms with E-state index >= 15 is 0 Å². The Morgan fingerprint density at radius 3 is 2.00 bits per heavy atom. The van der Waals surface area contributed by atoms with Gasteiger partial charge >= 0.3 is 0 Å². The van der Waals surface area contributed by atoms with E-state index < -0.39 is 5.60 Å². The summed E-state index contributed by atoms with van der Waals surface area (Å²) in [5, 5.41) is 10.5. The van der Waals surface area contributed by atoms with Crippen LogP contribution in [0, 0.1) is 0 Å². The molecule has 0 fully saturated rings. The minimum Gasteiger partial charge on any atom is -0.193 e. The molecule has 1 aromatic rings. The van der Waals surface area contributed by atoms with Crippen LogP contribution in [0.15, 0.2) is 24.3 Å². The Morgan fingerprint density at radius 2 is 1.64 bits per heavy atom. The summed E-state index contributed by atoms with van der Waals surface area (Å²) in [6.45, 7) is 7.82. The monoisotopic (exact) mass is 193 g/mol. The zero-order valence-corrected chi connectivity index (χ0v) is 9.20. The van der Waals surface area contributed by atoms with E-state index in [1.807, 2.05) is 24.3 Å². The van der Waals surface area contributed by atoms with Gasteiger partial charge in [-0.15, -0.1) is 0 Å². The topological polar surface area (TPSA) is 29.1 Å². The second-order valence-corrected chi connectivity index (χ2v) is 4.37. The summed E-state index contributed by atoms with van der Waals surface area (Å²) in [5.41, 5.74) is 1.45. The molecule has 0 aliphatic carbocycles. The molecule has 0 aliphatic rings. The van der Waals surface area contributed by atoms with E-state index in [9.17, 15) is 5.26 Å². The Balaban J connectivity index is 2.94. The Kier molecular flexibility index (Phi) is 3.29. The minimum atomic E-state index is -0.741. The van der Waals surface area contributed by atoms with Crippen molar-refractivity contribution in [3.8, 4) is 0 Å². The average Bonchev–Trinajstić information content (AvgIpc) is 2.18. The maximum Gasteiger partial charge on any atom is 0.126 e. The maximum absolute atomic E-state index is 10.5. The third kappa shape index (κ3) is 2.34. The fraction of sp³-hybridized carbons (Fsp3) is 0.500. The van der Waals surface area contributed by atoms with E-state index in [4.69, 9.17) is 0 Å². The van der Waals surface area contributed by atoms with Gasteiger partial charge in [0.1, 0.15) is 5.60 Å². The van der Waals surface area contributed by atoms with Gasteiger partial charge in [-0.1, -0.05) is 38.1 Å². The van der Waals surface area contributed by atoms with Gasteiger partial charge in [0.15, 0.2) is 0 Å². The van der Waals surface area contributed by atoms with Crippen LogP contribution in [0.2, 0.25) is 0 Å². The Bertz CT molecular complexity index is 286. The molecule has 0 aliphatic heterocycles. The highest BCUT2D eigenvalue weighted by atomic mass is 17.1. The summed E-state index contributed by atoms with van der Waals surface area (Å²) < 4.78 is 0. The highest BCUT2D eigenvalue weighted by Crippen LogP contribution is 2.25. The van der Waals surface area contributed by atoms with Crippen LogP contribution in [0.5, 0.6) is 0 Å². The molecule has 0 heterocycles. The van der Waals surface area contributed by atoms with Crippen LogP contribution in [0.25, 0.3) is 0 Å². The molecule has 0 saturated carbocycles. The van der Waals surface area contributed by atoms with Gasteiger partial charge in [-0.05, 0) is 36.1 Å². The van der Waals surface area contributed by atoms with E-state index in [-0.39, 0.29) is 0 Å². The van der Waals surface area contributed by atoms with Crippen LogP contribution in [0.1, 0.15) is 44.7 Å². The lowest BCUT2D eigenvalue weighted by Gasteiger charge is -2.20. The molecular formula is C12H17O2. The number of hydrogen-bond acceptors (Lipinski definition) is 1. The molecule has 0 saturated heterocycles. The quantitative estimate of drug-likeness (QED) is 0.534. The highest BCUT2D eigenvalue weighted by Gasteiger charge is 2.21. The second-order valence-electron chi connectivity index (χ2n) is 4.37. The smallest absolute Gasteiger partial charge is 0.126 e. The molecule has 0 bridgehead atoms. The lowest BCUT2D eigenvalue weighted by atomic mass is 9.94. The molecular weight excluding hydrogens is 176 g/mol. The molecule has 0 unspecified atom stereocenters. The first-order valence-electron chi connectivity index (χ1n) is 4.89. The molecule has 0 N–H and O–H groups in total. The molecule has 14 heavy (non-hydrogen) atoms. The summed E-state index contributed by atoms with van der Waals surface area (Å²) in [6, 6.07) is 7.99. The van der Waals surface area contributed by atoms with Gasteiger partial charge in [-0.25, -0.2) is 0 Å². The molecule has 1 radical (unpaired) electrons. The van der Waals surface area contributed by atoms with Gasteiger partial charge in [0.25, 0.3) is 0 Å². The molecule has 0 atom stereocenters. The summed E-state index contributed by atoms with van der Waals surface area (Å²) in [4.78, 5) is 4.17. The maximum atomic E-state index is 10.5. The minimum absolute atomic E-state index is 0.514. The van der Waals surface area contributed by atoms with Crippen molar-refractivity contribution in [3.05, 3.63) is 35.4 Å². The number of rotatable bonds is 3. The molecule has 2 heteroatoms. The third-order valence-corrected chi connectivity index (χ3v) is 2.48. The Hall–Kier alpha value is -0.860. The molecule has 0 aromatic heterocycles. The summed E-state index contributed by atoms with van der Waals surface area (Å²) >= 11 is 0. The first-order valence-corrected chi connectivity index (χ1v) is 4.89. The van der Waals surface area contributed by atoms with Crippen molar-refractivity contribution in [2.45, 2.75) is 39.2 Å². The van der Waals surface area contributed by atoms with Crippen LogP contribution in [0.3, 0.4) is 0 Å². The van der Waals surface area contributed by atoms with E-state index in [0.717, 1.165) is 5.56 Å². The van der Waals surface area contributed by atoms with Gasteiger partial charge in [-0.2, -0.15) is 4.89 Å². The van der Waals surface area contributed by atoms with Gasteiger partial charge in [-0.3, -0.25) is 0 Å². The van der Waals surface area contributed by atoms with Crippen molar-refractivity contribution < 1.29 is 10.1 Å². The van der Waals surface area contributed by atoms with E-state index in [1.54, 1.807) is 13.8 Å². The van der Waals surface area contributed by atoms with E-state index in [2.05, 4.69) is 18.7 Å². The predicted octanol–water partition coefficient (Wildman–Crippen LogP) is 3.41. The van der Waals surface area contributed by atoms with Gasteiger partial charge in [0.2, 0.25) is 0 Å². The lowest BCUT2D eigenvalue weighted by molar-refractivity contribution is -0.370. The SMILES string of the molecule is CC(C)c1ccc(C(C)(C)O[O])cc1. The largest absolute Gasteiger partial charge is 0.193 e. The van der Waals surface area contributed by atoms with Crippen molar-refractivity contribution in [1.82, 2.24) is 0 Å². The van der Waals surface area contributed by atoms with Crippen molar-refractivity contribution in [2.24, 2.45) is 0 Å². The fourth-order valence-electron chi connectivity index (χ4n) is 1.32. The second kappa shape index (κ2) is 4.11. The molecule has 0 spiro atoms. The standard InChI is InChI=1S/C12H17O2/c1-9(2)10-5-7-11(8-6-10)12(3,4)14-13/h5-9H,1-4H3. The number of hydrogen-bond donors (Lipinski definition) is 0. The van der Waals surface area contributed by atoms with Crippen LogP contribution in [-0.4, -0.2) is 0 Å². The van der Waals surface area contributed by atoms with Crippen molar-refractivity contribution in [1.29, 1.82) is 0 Å². The van der Waals surface area contributed by atoms with Crippen LogP contribution in [0.4, 0.5) is 0 Å². The molecule has 1 aromatic carbocycles. The third-order valence-electron chi connectivity index (χ3n) is 2.48. The van der Waals surface area contributed by atoms with Crippen molar-refractivity contribution in [2.75, 3.05) is 0 Å². The van der Waals surface area contributed by atoms with Gasteiger partial charge in [0, 0.05) is 0 Å². The van der Waals surface area contributed by atoms with Crippen LogP contribution in [-0.2, 0) is 15.7 Å². The van der Waals surface area contributed by atoms with E-state index in [1.165, 1.54) is 5.56 Å². The van der Waals surface area contributed by atoms with Crippen molar-refractivity contribution in [3.63, 3.8) is 0 Å². The average molecular weight is 193 g/mol. The highest BCUT2D eigenvalue weighted by molar-refractivity contribution is 5.27. The molecule has 77 valence electrons. The normalized spacial score (nSPS) is 12.1.